The number of amides is 1. The van der Waals surface area contributed by atoms with E-state index in [0.29, 0.717) is 18.5 Å². The van der Waals surface area contributed by atoms with E-state index in [9.17, 15) is 4.79 Å². The maximum atomic E-state index is 11.7. The summed E-state index contributed by atoms with van der Waals surface area (Å²) in [6, 6.07) is 3.47. The molecule has 1 amide bonds. The monoisotopic (exact) mass is 236 g/mol. The van der Waals surface area contributed by atoms with Crippen molar-refractivity contribution in [2.24, 2.45) is 0 Å². The second-order valence-electron chi connectivity index (χ2n) is 3.81. The fourth-order valence-electron chi connectivity index (χ4n) is 1.61. The molecule has 1 N–H and O–H groups in total. The van der Waals surface area contributed by atoms with E-state index in [1.165, 1.54) is 0 Å². The predicted octanol–water partition coefficient (Wildman–Crippen LogP) is 0.964. The van der Waals surface area contributed by atoms with Crippen molar-refractivity contribution >= 4 is 5.91 Å². The number of carbonyl (C=O) groups is 1. The summed E-state index contributed by atoms with van der Waals surface area (Å²) in [6.07, 6.45) is 4.62. The van der Waals surface area contributed by atoms with Crippen LogP contribution >= 0.6 is 0 Å². The first-order valence-electron chi connectivity index (χ1n) is 5.78. The number of hydrogen-bond acceptors (Lipinski definition) is 4. The number of hydrogen-bond donors (Lipinski definition) is 1. The van der Waals surface area contributed by atoms with Crippen LogP contribution in [0.4, 0.5) is 0 Å². The average molecular weight is 236 g/mol. The van der Waals surface area contributed by atoms with E-state index in [-0.39, 0.29) is 12.2 Å². The quantitative estimate of drug-likeness (QED) is 0.846. The Morgan fingerprint density at radius 1 is 1.47 bits per heavy atom. The summed E-state index contributed by atoms with van der Waals surface area (Å²) in [7, 11) is 0. The highest BCUT2D eigenvalue weighted by atomic mass is 16.7. The van der Waals surface area contributed by atoms with Gasteiger partial charge >= 0.3 is 0 Å². The van der Waals surface area contributed by atoms with Crippen LogP contribution < -0.4 is 5.32 Å². The maximum absolute atomic E-state index is 11.7. The normalized spacial score (nSPS) is 16.7. The first kappa shape index (κ1) is 12.0. The molecule has 5 heteroatoms. The van der Waals surface area contributed by atoms with Gasteiger partial charge in [-0.3, -0.25) is 9.78 Å². The van der Waals surface area contributed by atoms with Gasteiger partial charge in [-0.15, -0.1) is 0 Å². The molecule has 0 aliphatic carbocycles. The molecule has 1 aliphatic rings. The zero-order valence-corrected chi connectivity index (χ0v) is 9.59. The number of carbonyl (C=O) groups excluding carboxylic acids is 1. The van der Waals surface area contributed by atoms with E-state index in [1.807, 2.05) is 0 Å². The van der Waals surface area contributed by atoms with Gasteiger partial charge in [-0.2, -0.15) is 0 Å². The van der Waals surface area contributed by atoms with Gasteiger partial charge in [0.2, 0.25) is 0 Å². The highest BCUT2D eigenvalue weighted by molar-refractivity contribution is 5.93. The summed E-state index contributed by atoms with van der Waals surface area (Å²) in [4.78, 5) is 15.5. The molecular weight excluding hydrogens is 220 g/mol. The van der Waals surface area contributed by atoms with Gasteiger partial charge in [-0.05, 0) is 18.6 Å². The number of aromatic nitrogens is 1. The summed E-state index contributed by atoms with van der Waals surface area (Å²) in [5.74, 6) is -0.117. The Morgan fingerprint density at radius 2 is 2.29 bits per heavy atom. The van der Waals surface area contributed by atoms with Crippen molar-refractivity contribution in [1.29, 1.82) is 0 Å². The minimum Gasteiger partial charge on any atom is -0.353 e. The van der Waals surface area contributed by atoms with Crippen LogP contribution in [-0.4, -0.2) is 36.9 Å². The van der Waals surface area contributed by atoms with Crippen molar-refractivity contribution in [3.63, 3.8) is 0 Å². The summed E-state index contributed by atoms with van der Waals surface area (Å²) < 4.78 is 10.8. The second-order valence-corrected chi connectivity index (χ2v) is 3.81. The molecule has 0 atom stereocenters. The highest BCUT2D eigenvalue weighted by Gasteiger charge is 2.14. The van der Waals surface area contributed by atoms with Crippen LogP contribution in [0, 0.1) is 0 Å². The Hall–Kier alpha value is -1.46. The first-order chi connectivity index (χ1) is 8.36. The minimum absolute atomic E-state index is 0.117. The Morgan fingerprint density at radius 3 is 3.00 bits per heavy atom. The molecule has 92 valence electrons. The lowest BCUT2D eigenvalue weighted by molar-refractivity contribution is -0.180. The maximum Gasteiger partial charge on any atom is 0.252 e. The SMILES string of the molecule is O=C(NCCC1OCCCO1)c1cccnc1. The molecule has 1 aromatic rings. The molecule has 0 saturated carbocycles. The highest BCUT2D eigenvalue weighted by Crippen LogP contribution is 2.07. The molecule has 0 aromatic carbocycles. The van der Waals surface area contributed by atoms with E-state index >= 15 is 0 Å². The van der Waals surface area contributed by atoms with Gasteiger partial charge in [0.05, 0.1) is 18.8 Å². The van der Waals surface area contributed by atoms with Gasteiger partial charge in [0.15, 0.2) is 6.29 Å². The molecule has 17 heavy (non-hydrogen) atoms. The first-order valence-corrected chi connectivity index (χ1v) is 5.78. The van der Waals surface area contributed by atoms with Gasteiger partial charge in [0, 0.05) is 25.4 Å². The zero-order chi connectivity index (χ0) is 11.9. The zero-order valence-electron chi connectivity index (χ0n) is 9.59. The van der Waals surface area contributed by atoms with Crippen molar-refractivity contribution in [3.05, 3.63) is 30.1 Å². The number of nitrogens with zero attached hydrogens (tertiary/aromatic N) is 1. The molecule has 0 radical (unpaired) electrons. The van der Waals surface area contributed by atoms with Crippen LogP contribution in [0.1, 0.15) is 23.2 Å². The molecule has 0 spiro atoms. The summed E-state index contributed by atoms with van der Waals surface area (Å²) in [5, 5.41) is 2.81. The van der Waals surface area contributed by atoms with E-state index in [1.54, 1.807) is 24.5 Å². The van der Waals surface area contributed by atoms with Crippen LogP contribution in [0.15, 0.2) is 24.5 Å². The molecular formula is C12H16N2O3. The molecule has 0 bridgehead atoms. The minimum atomic E-state index is -0.182. The molecule has 1 saturated heterocycles. The molecule has 2 heterocycles. The van der Waals surface area contributed by atoms with E-state index in [2.05, 4.69) is 10.3 Å². The van der Waals surface area contributed by atoms with Crippen molar-refractivity contribution in [1.82, 2.24) is 10.3 Å². The van der Waals surface area contributed by atoms with Crippen LogP contribution in [0.2, 0.25) is 0 Å². The molecule has 1 aliphatic heterocycles. The summed E-state index contributed by atoms with van der Waals surface area (Å²) in [5.41, 5.74) is 0.568. The lowest BCUT2D eigenvalue weighted by atomic mass is 10.2. The van der Waals surface area contributed by atoms with Gasteiger partial charge in [0.25, 0.3) is 5.91 Å². The van der Waals surface area contributed by atoms with E-state index < -0.39 is 0 Å². The third kappa shape index (κ3) is 3.80. The van der Waals surface area contributed by atoms with Crippen LogP contribution in [-0.2, 0) is 9.47 Å². The van der Waals surface area contributed by atoms with Crippen molar-refractivity contribution < 1.29 is 14.3 Å². The lowest BCUT2D eigenvalue weighted by Gasteiger charge is -2.23. The number of ether oxygens (including phenoxy) is 2. The third-order valence-corrected chi connectivity index (χ3v) is 2.49. The number of pyridine rings is 1. The van der Waals surface area contributed by atoms with Gasteiger partial charge in [-0.1, -0.05) is 0 Å². The van der Waals surface area contributed by atoms with Crippen LogP contribution in [0.3, 0.4) is 0 Å². The number of rotatable bonds is 4. The number of nitrogens with one attached hydrogen (secondary N) is 1. The third-order valence-electron chi connectivity index (χ3n) is 2.49. The summed E-state index contributed by atoms with van der Waals surface area (Å²) in [6.45, 7) is 2.01. The molecule has 1 fully saturated rings. The topological polar surface area (TPSA) is 60.5 Å². The average Bonchev–Trinajstić information content (AvgIpc) is 2.41. The Kier molecular flexibility index (Phi) is 4.46. The van der Waals surface area contributed by atoms with Gasteiger partial charge in [0.1, 0.15) is 0 Å². The fourth-order valence-corrected chi connectivity index (χ4v) is 1.61. The predicted molar refractivity (Wildman–Crippen MR) is 61.5 cm³/mol. The fraction of sp³-hybridized carbons (Fsp3) is 0.500. The Labute approximate surface area is 100 Å². The second kappa shape index (κ2) is 6.32. The molecule has 5 nitrogen and oxygen atoms in total. The van der Waals surface area contributed by atoms with E-state index in [0.717, 1.165) is 19.6 Å². The Balaban J connectivity index is 1.69. The molecule has 0 unspecified atom stereocenters. The Bertz CT molecular complexity index is 350. The molecule has 2 rings (SSSR count). The molecule has 1 aromatic heterocycles. The van der Waals surface area contributed by atoms with Crippen LogP contribution in [0.5, 0.6) is 0 Å². The van der Waals surface area contributed by atoms with Crippen molar-refractivity contribution in [3.8, 4) is 0 Å². The lowest BCUT2D eigenvalue weighted by Crippen LogP contribution is -2.31. The largest absolute Gasteiger partial charge is 0.353 e. The van der Waals surface area contributed by atoms with Crippen molar-refractivity contribution in [2.75, 3.05) is 19.8 Å². The summed E-state index contributed by atoms with van der Waals surface area (Å²) >= 11 is 0. The van der Waals surface area contributed by atoms with Gasteiger partial charge < -0.3 is 14.8 Å². The van der Waals surface area contributed by atoms with E-state index in [4.69, 9.17) is 9.47 Å². The van der Waals surface area contributed by atoms with Crippen molar-refractivity contribution in [2.45, 2.75) is 19.1 Å². The smallest absolute Gasteiger partial charge is 0.252 e. The van der Waals surface area contributed by atoms with Gasteiger partial charge in [-0.25, -0.2) is 0 Å². The van der Waals surface area contributed by atoms with Crippen LogP contribution in [0.25, 0.3) is 0 Å². The standard InChI is InChI=1S/C12H16N2O3/c15-12(10-3-1-5-13-9-10)14-6-4-11-16-7-2-8-17-11/h1,3,5,9,11H,2,4,6-8H2,(H,14,15).